The fraction of sp³-hybridized carbons (Fsp3) is 0.133. The molecule has 0 radical (unpaired) electrons. The molecule has 0 bridgehead atoms. The quantitative estimate of drug-likeness (QED) is 0.584. The Labute approximate surface area is 130 Å². The number of phenols is 1. The molecule has 1 aromatic carbocycles. The number of nitrogens with zero attached hydrogens (tertiary/aromatic N) is 3. The van der Waals surface area contributed by atoms with Gasteiger partial charge in [0.05, 0.1) is 21.3 Å². The van der Waals surface area contributed by atoms with E-state index in [1.54, 1.807) is 29.7 Å². The number of rotatable bonds is 3. The van der Waals surface area contributed by atoms with Crippen LogP contribution in [-0.4, -0.2) is 26.3 Å². The van der Waals surface area contributed by atoms with E-state index in [0.29, 0.717) is 0 Å². The van der Waals surface area contributed by atoms with E-state index in [2.05, 4.69) is 15.0 Å². The van der Waals surface area contributed by atoms with Gasteiger partial charge >= 0.3 is 0 Å². The standard InChI is InChI=1S/C15H13N3OS2/c1-9-17-13(10-4-3-5-11(19)8-10)14(21-9)12-6-7-16-15(18-12)20-2/h3-8,19H,1-2H3. The molecular weight excluding hydrogens is 302 g/mol. The van der Waals surface area contributed by atoms with Crippen molar-refractivity contribution in [3.8, 4) is 27.6 Å². The zero-order valence-corrected chi connectivity index (χ0v) is 13.2. The van der Waals surface area contributed by atoms with Crippen LogP contribution in [0.1, 0.15) is 5.01 Å². The molecule has 4 nitrogen and oxygen atoms in total. The highest BCUT2D eigenvalue weighted by molar-refractivity contribution is 7.98. The lowest BCUT2D eigenvalue weighted by atomic mass is 10.1. The van der Waals surface area contributed by atoms with Crippen molar-refractivity contribution in [2.24, 2.45) is 0 Å². The van der Waals surface area contributed by atoms with Gasteiger partial charge in [-0.3, -0.25) is 0 Å². The van der Waals surface area contributed by atoms with Gasteiger partial charge in [-0.15, -0.1) is 11.3 Å². The van der Waals surface area contributed by atoms with E-state index >= 15 is 0 Å². The summed E-state index contributed by atoms with van der Waals surface area (Å²) in [6, 6.07) is 9.01. The first-order chi connectivity index (χ1) is 10.2. The van der Waals surface area contributed by atoms with Crippen LogP contribution >= 0.6 is 23.1 Å². The molecule has 0 atom stereocenters. The minimum atomic E-state index is 0.233. The lowest BCUT2D eigenvalue weighted by molar-refractivity contribution is 0.475. The molecule has 0 aliphatic carbocycles. The van der Waals surface area contributed by atoms with E-state index < -0.39 is 0 Å². The molecule has 0 amide bonds. The molecule has 2 aromatic heterocycles. The van der Waals surface area contributed by atoms with Crippen molar-refractivity contribution in [2.45, 2.75) is 12.1 Å². The van der Waals surface area contributed by atoms with E-state index in [9.17, 15) is 5.11 Å². The zero-order chi connectivity index (χ0) is 14.8. The second kappa shape index (κ2) is 5.83. The highest BCUT2D eigenvalue weighted by Crippen LogP contribution is 2.36. The van der Waals surface area contributed by atoms with Crippen LogP contribution in [0.3, 0.4) is 0 Å². The van der Waals surface area contributed by atoms with E-state index in [1.807, 2.05) is 31.4 Å². The lowest BCUT2D eigenvalue weighted by Crippen LogP contribution is -1.89. The van der Waals surface area contributed by atoms with Crippen LogP contribution in [0.2, 0.25) is 0 Å². The molecule has 0 aliphatic heterocycles. The van der Waals surface area contributed by atoms with Crippen molar-refractivity contribution >= 4 is 23.1 Å². The Bertz CT molecular complexity index is 786. The van der Waals surface area contributed by atoms with Crippen molar-refractivity contribution < 1.29 is 5.11 Å². The van der Waals surface area contributed by atoms with Gasteiger partial charge in [0, 0.05) is 11.8 Å². The van der Waals surface area contributed by atoms with Crippen molar-refractivity contribution in [1.82, 2.24) is 15.0 Å². The van der Waals surface area contributed by atoms with Crippen LogP contribution in [0.15, 0.2) is 41.7 Å². The van der Waals surface area contributed by atoms with E-state index in [0.717, 1.165) is 32.0 Å². The van der Waals surface area contributed by atoms with Crippen LogP contribution in [0.4, 0.5) is 0 Å². The maximum absolute atomic E-state index is 9.67. The van der Waals surface area contributed by atoms with Crippen LogP contribution in [0, 0.1) is 6.92 Å². The van der Waals surface area contributed by atoms with E-state index in [4.69, 9.17) is 0 Å². The number of thiazole rings is 1. The molecule has 106 valence electrons. The van der Waals surface area contributed by atoms with Gasteiger partial charge in [-0.2, -0.15) is 0 Å². The summed E-state index contributed by atoms with van der Waals surface area (Å²) in [5, 5.41) is 11.4. The molecule has 21 heavy (non-hydrogen) atoms. The second-order valence-electron chi connectivity index (χ2n) is 4.39. The zero-order valence-electron chi connectivity index (χ0n) is 11.6. The van der Waals surface area contributed by atoms with E-state index in [1.165, 1.54) is 11.8 Å². The summed E-state index contributed by atoms with van der Waals surface area (Å²) in [7, 11) is 0. The molecule has 0 saturated heterocycles. The average molecular weight is 315 g/mol. The molecule has 0 fully saturated rings. The largest absolute Gasteiger partial charge is 0.508 e. The third-order valence-corrected chi connectivity index (χ3v) is 4.46. The second-order valence-corrected chi connectivity index (χ2v) is 6.37. The molecule has 0 saturated carbocycles. The number of aryl methyl sites for hydroxylation is 1. The Hall–Kier alpha value is -1.92. The highest BCUT2D eigenvalue weighted by Gasteiger charge is 2.15. The summed E-state index contributed by atoms with van der Waals surface area (Å²) >= 11 is 3.11. The molecule has 0 spiro atoms. The molecule has 1 N–H and O–H groups in total. The predicted molar refractivity (Wildman–Crippen MR) is 86.8 cm³/mol. The minimum Gasteiger partial charge on any atom is -0.508 e. The maximum Gasteiger partial charge on any atom is 0.187 e. The number of aromatic nitrogens is 3. The van der Waals surface area contributed by atoms with Gasteiger partial charge in [-0.1, -0.05) is 23.9 Å². The van der Waals surface area contributed by atoms with Gasteiger partial charge in [0.15, 0.2) is 5.16 Å². The van der Waals surface area contributed by atoms with Gasteiger partial charge < -0.3 is 5.11 Å². The number of phenolic OH excluding ortho intramolecular Hbond substituents is 1. The fourth-order valence-electron chi connectivity index (χ4n) is 2.02. The number of thioether (sulfide) groups is 1. The smallest absolute Gasteiger partial charge is 0.187 e. The average Bonchev–Trinajstić information content (AvgIpc) is 2.89. The van der Waals surface area contributed by atoms with Gasteiger partial charge in [0.1, 0.15) is 5.75 Å². The summed E-state index contributed by atoms with van der Waals surface area (Å²) < 4.78 is 0. The minimum absolute atomic E-state index is 0.233. The topological polar surface area (TPSA) is 58.9 Å². The Balaban J connectivity index is 2.15. The first kappa shape index (κ1) is 14.0. The molecule has 6 heteroatoms. The maximum atomic E-state index is 9.67. The normalized spacial score (nSPS) is 10.8. The number of hydrogen-bond donors (Lipinski definition) is 1. The van der Waals surface area contributed by atoms with Crippen LogP contribution < -0.4 is 0 Å². The summed E-state index contributed by atoms with van der Waals surface area (Å²) in [6.07, 6.45) is 3.71. The summed E-state index contributed by atoms with van der Waals surface area (Å²) in [5.74, 6) is 0.233. The van der Waals surface area contributed by atoms with Crippen molar-refractivity contribution in [3.05, 3.63) is 41.5 Å². The third-order valence-electron chi connectivity index (χ3n) is 2.90. The number of benzene rings is 1. The summed E-state index contributed by atoms with van der Waals surface area (Å²) in [5.41, 5.74) is 2.59. The molecule has 3 rings (SSSR count). The number of aromatic hydroxyl groups is 1. The Morgan fingerprint density at radius 2 is 2.05 bits per heavy atom. The molecule has 3 aromatic rings. The molecule has 0 unspecified atom stereocenters. The predicted octanol–water partition coefficient (Wildman–Crippen LogP) is 4.00. The monoisotopic (exact) mass is 315 g/mol. The van der Waals surface area contributed by atoms with Crippen molar-refractivity contribution in [2.75, 3.05) is 6.26 Å². The van der Waals surface area contributed by atoms with Crippen LogP contribution in [0.5, 0.6) is 5.75 Å². The van der Waals surface area contributed by atoms with Gasteiger partial charge in [-0.25, -0.2) is 15.0 Å². The van der Waals surface area contributed by atoms with E-state index in [-0.39, 0.29) is 5.75 Å². The molecular formula is C15H13N3OS2. The number of hydrogen-bond acceptors (Lipinski definition) is 6. The summed E-state index contributed by atoms with van der Waals surface area (Å²) in [4.78, 5) is 14.3. The van der Waals surface area contributed by atoms with Gasteiger partial charge in [-0.05, 0) is 31.4 Å². The van der Waals surface area contributed by atoms with Crippen LogP contribution in [0.25, 0.3) is 21.8 Å². The Morgan fingerprint density at radius 1 is 1.19 bits per heavy atom. The highest BCUT2D eigenvalue weighted by atomic mass is 32.2. The Morgan fingerprint density at radius 3 is 2.81 bits per heavy atom. The lowest BCUT2D eigenvalue weighted by Gasteiger charge is -2.04. The van der Waals surface area contributed by atoms with Crippen molar-refractivity contribution in [1.29, 1.82) is 0 Å². The SMILES string of the molecule is CSc1nccc(-c2sc(C)nc2-c2cccc(O)c2)n1. The van der Waals surface area contributed by atoms with Crippen LogP contribution in [-0.2, 0) is 0 Å². The molecule has 2 heterocycles. The van der Waals surface area contributed by atoms with Gasteiger partial charge in [0.2, 0.25) is 0 Å². The fourth-order valence-corrected chi connectivity index (χ4v) is 3.28. The van der Waals surface area contributed by atoms with Gasteiger partial charge in [0.25, 0.3) is 0 Å². The first-order valence-electron chi connectivity index (χ1n) is 6.31. The third kappa shape index (κ3) is 2.91. The molecule has 0 aliphatic rings. The summed E-state index contributed by atoms with van der Waals surface area (Å²) in [6.45, 7) is 1.97. The first-order valence-corrected chi connectivity index (χ1v) is 8.36. The van der Waals surface area contributed by atoms with Crippen molar-refractivity contribution in [3.63, 3.8) is 0 Å². The Kier molecular flexibility index (Phi) is 3.90.